The first kappa shape index (κ1) is 21.2. The largest absolute Gasteiger partial charge is 0.385 e. The molecule has 7 heteroatoms. The smallest absolute Gasteiger partial charge is 0.191 e. The van der Waals surface area contributed by atoms with Crippen LogP contribution in [0.2, 0.25) is 0 Å². The zero-order chi connectivity index (χ0) is 16.4. The van der Waals surface area contributed by atoms with Gasteiger partial charge in [0.15, 0.2) is 5.96 Å². The molecule has 1 aliphatic rings. The average molecular weight is 449 g/mol. The van der Waals surface area contributed by atoms with Crippen LogP contribution >= 0.6 is 24.0 Å². The van der Waals surface area contributed by atoms with E-state index in [9.17, 15) is 0 Å². The Morgan fingerprint density at radius 3 is 2.79 bits per heavy atom. The first-order chi connectivity index (χ1) is 11.3. The van der Waals surface area contributed by atoms with Crippen LogP contribution in [0, 0.1) is 5.41 Å². The van der Waals surface area contributed by atoms with Gasteiger partial charge in [0.05, 0.1) is 0 Å². The van der Waals surface area contributed by atoms with E-state index in [0.717, 1.165) is 51.6 Å². The lowest BCUT2D eigenvalue weighted by atomic mass is 9.67. The summed E-state index contributed by atoms with van der Waals surface area (Å²) in [6.45, 7) is 6.54. The van der Waals surface area contributed by atoms with Crippen LogP contribution in [-0.4, -0.2) is 49.1 Å². The number of aryl methyl sites for hydroxylation is 1. The van der Waals surface area contributed by atoms with Crippen LogP contribution in [0.5, 0.6) is 0 Å². The third-order valence-corrected chi connectivity index (χ3v) is 4.58. The summed E-state index contributed by atoms with van der Waals surface area (Å²) in [6.07, 6.45) is 9.84. The summed E-state index contributed by atoms with van der Waals surface area (Å²) < 4.78 is 7.21. The molecule has 0 spiro atoms. The van der Waals surface area contributed by atoms with E-state index in [1.807, 2.05) is 23.1 Å². The molecule has 0 aliphatic heterocycles. The first-order valence-electron chi connectivity index (χ1n) is 8.76. The van der Waals surface area contributed by atoms with Gasteiger partial charge >= 0.3 is 0 Å². The average Bonchev–Trinajstić information content (AvgIpc) is 3.03. The number of hydrogen-bond donors (Lipinski definition) is 2. The molecule has 0 bridgehead atoms. The standard InChI is InChI=1S/C17H31N5O.HI/c1-3-18-16(19-10-5-12-22-13-6-11-21-22)20-15-17(7-4-8-17)9-14-23-2;/h6,11,13H,3-5,7-10,12,14-15H2,1-2H3,(H2,18,19,20);1H. The normalized spacial score (nSPS) is 16.2. The second kappa shape index (κ2) is 11.7. The Bertz CT molecular complexity index is 460. The molecule has 0 aromatic carbocycles. The lowest BCUT2D eigenvalue weighted by Crippen LogP contribution is -2.40. The molecule has 1 saturated carbocycles. The lowest BCUT2D eigenvalue weighted by molar-refractivity contribution is 0.0778. The minimum Gasteiger partial charge on any atom is -0.385 e. The van der Waals surface area contributed by atoms with Crippen molar-refractivity contribution in [3.05, 3.63) is 18.5 Å². The maximum Gasteiger partial charge on any atom is 0.191 e. The van der Waals surface area contributed by atoms with Gasteiger partial charge in [0.1, 0.15) is 0 Å². The molecule has 0 radical (unpaired) electrons. The molecule has 1 fully saturated rings. The molecular formula is C17H32IN5O. The molecule has 0 amide bonds. The summed E-state index contributed by atoms with van der Waals surface area (Å²) >= 11 is 0. The van der Waals surface area contributed by atoms with Gasteiger partial charge in [0.2, 0.25) is 0 Å². The molecule has 1 heterocycles. The molecular weight excluding hydrogens is 417 g/mol. The van der Waals surface area contributed by atoms with Gasteiger partial charge in [-0.3, -0.25) is 9.67 Å². The Balaban J connectivity index is 0.00000288. The highest BCUT2D eigenvalue weighted by Gasteiger charge is 2.36. The topological polar surface area (TPSA) is 63.5 Å². The van der Waals surface area contributed by atoms with Crippen molar-refractivity contribution in [1.82, 2.24) is 20.4 Å². The van der Waals surface area contributed by atoms with Gasteiger partial charge < -0.3 is 15.4 Å². The molecule has 1 aromatic rings. The monoisotopic (exact) mass is 449 g/mol. The van der Waals surface area contributed by atoms with Crippen molar-refractivity contribution in [3.63, 3.8) is 0 Å². The number of hydrogen-bond acceptors (Lipinski definition) is 3. The Kier molecular flexibility index (Phi) is 10.3. The SMILES string of the molecule is CCNC(=NCC1(CCOC)CCC1)NCCCn1cccn1.I. The number of methoxy groups -OCH3 is 1. The molecule has 138 valence electrons. The summed E-state index contributed by atoms with van der Waals surface area (Å²) in [6, 6.07) is 1.96. The van der Waals surface area contributed by atoms with Crippen LogP contribution in [-0.2, 0) is 11.3 Å². The highest BCUT2D eigenvalue weighted by molar-refractivity contribution is 14.0. The molecule has 1 aliphatic carbocycles. The third kappa shape index (κ3) is 6.96. The molecule has 2 rings (SSSR count). The predicted molar refractivity (Wildman–Crippen MR) is 109 cm³/mol. The second-order valence-electron chi connectivity index (χ2n) is 6.34. The van der Waals surface area contributed by atoms with Crippen LogP contribution < -0.4 is 10.6 Å². The van der Waals surface area contributed by atoms with Crippen molar-refractivity contribution in [3.8, 4) is 0 Å². The summed E-state index contributed by atoms with van der Waals surface area (Å²) in [4.78, 5) is 4.81. The van der Waals surface area contributed by atoms with E-state index < -0.39 is 0 Å². The highest BCUT2D eigenvalue weighted by atomic mass is 127. The van der Waals surface area contributed by atoms with Gasteiger partial charge in [-0.1, -0.05) is 6.42 Å². The molecule has 24 heavy (non-hydrogen) atoms. The zero-order valence-corrected chi connectivity index (χ0v) is 17.3. The van der Waals surface area contributed by atoms with E-state index in [1.54, 1.807) is 7.11 Å². The fourth-order valence-corrected chi connectivity index (χ4v) is 2.95. The molecule has 0 unspecified atom stereocenters. The summed E-state index contributed by atoms with van der Waals surface area (Å²) in [5.41, 5.74) is 0.368. The van der Waals surface area contributed by atoms with Gasteiger partial charge in [0, 0.05) is 52.3 Å². The molecule has 1 aromatic heterocycles. The number of nitrogens with one attached hydrogen (secondary N) is 2. The summed E-state index contributed by atoms with van der Waals surface area (Å²) in [5.74, 6) is 0.927. The molecule has 0 saturated heterocycles. The van der Waals surface area contributed by atoms with E-state index in [0.29, 0.717) is 5.41 Å². The van der Waals surface area contributed by atoms with E-state index in [4.69, 9.17) is 9.73 Å². The minimum atomic E-state index is 0. The summed E-state index contributed by atoms with van der Waals surface area (Å²) in [7, 11) is 1.78. The first-order valence-corrected chi connectivity index (χ1v) is 8.76. The molecule has 2 N–H and O–H groups in total. The van der Waals surface area contributed by atoms with Crippen molar-refractivity contribution in [1.29, 1.82) is 0 Å². The maximum absolute atomic E-state index is 5.25. The predicted octanol–water partition coefficient (Wildman–Crippen LogP) is 2.65. The van der Waals surface area contributed by atoms with Crippen LogP contribution in [0.3, 0.4) is 0 Å². The zero-order valence-electron chi connectivity index (χ0n) is 15.0. The van der Waals surface area contributed by atoms with Crippen molar-refractivity contribution in [2.24, 2.45) is 10.4 Å². The molecule has 0 atom stereocenters. The number of aliphatic imine (C=N–C) groups is 1. The van der Waals surface area contributed by atoms with Gasteiger partial charge in [0.25, 0.3) is 0 Å². The number of rotatable bonds is 10. The Morgan fingerprint density at radius 1 is 1.38 bits per heavy atom. The Morgan fingerprint density at radius 2 is 2.21 bits per heavy atom. The maximum atomic E-state index is 5.25. The van der Waals surface area contributed by atoms with E-state index in [-0.39, 0.29) is 24.0 Å². The van der Waals surface area contributed by atoms with Crippen molar-refractivity contribution < 1.29 is 4.74 Å². The van der Waals surface area contributed by atoms with E-state index >= 15 is 0 Å². The van der Waals surface area contributed by atoms with Crippen LogP contribution in [0.25, 0.3) is 0 Å². The Hall–Kier alpha value is -0.830. The number of nitrogens with zero attached hydrogens (tertiary/aromatic N) is 3. The number of ether oxygens (including phenoxy) is 1. The van der Waals surface area contributed by atoms with E-state index in [2.05, 4.69) is 22.7 Å². The lowest BCUT2D eigenvalue weighted by Gasteiger charge is -2.40. The quantitative estimate of drug-likeness (QED) is 0.250. The van der Waals surface area contributed by atoms with Crippen LogP contribution in [0.1, 0.15) is 39.0 Å². The minimum absolute atomic E-state index is 0. The van der Waals surface area contributed by atoms with E-state index in [1.165, 1.54) is 19.3 Å². The number of aromatic nitrogens is 2. The summed E-state index contributed by atoms with van der Waals surface area (Å²) in [5, 5.41) is 11.0. The fraction of sp³-hybridized carbons (Fsp3) is 0.765. The number of guanidine groups is 1. The van der Waals surface area contributed by atoms with Crippen molar-refractivity contribution in [2.75, 3.05) is 33.4 Å². The van der Waals surface area contributed by atoms with Crippen LogP contribution in [0.15, 0.2) is 23.5 Å². The second-order valence-corrected chi connectivity index (χ2v) is 6.34. The van der Waals surface area contributed by atoms with Crippen molar-refractivity contribution >= 4 is 29.9 Å². The number of halogens is 1. The van der Waals surface area contributed by atoms with Crippen molar-refractivity contribution in [2.45, 2.75) is 45.6 Å². The van der Waals surface area contributed by atoms with Gasteiger partial charge in [-0.2, -0.15) is 5.10 Å². The fourth-order valence-electron chi connectivity index (χ4n) is 2.95. The molecule has 6 nitrogen and oxygen atoms in total. The third-order valence-electron chi connectivity index (χ3n) is 4.58. The van der Waals surface area contributed by atoms with Crippen LogP contribution in [0.4, 0.5) is 0 Å². The Labute approximate surface area is 162 Å². The van der Waals surface area contributed by atoms with Gasteiger partial charge in [-0.25, -0.2) is 0 Å². The van der Waals surface area contributed by atoms with Gasteiger partial charge in [-0.15, -0.1) is 24.0 Å². The highest BCUT2D eigenvalue weighted by Crippen LogP contribution is 2.44. The van der Waals surface area contributed by atoms with Gasteiger partial charge in [-0.05, 0) is 44.1 Å².